The minimum atomic E-state index is -0.182. The fourth-order valence-corrected chi connectivity index (χ4v) is 3.01. The summed E-state index contributed by atoms with van der Waals surface area (Å²) in [6, 6.07) is 9.49. The van der Waals surface area contributed by atoms with E-state index in [9.17, 15) is 9.59 Å². The number of aryl methyl sites for hydroxylation is 1. The Balaban J connectivity index is 1.67. The smallest absolute Gasteiger partial charge is 0.240 e. The molecule has 1 aliphatic rings. The summed E-state index contributed by atoms with van der Waals surface area (Å²) in [5, 5.41) is 2.83. The van der Waals surface area contributed by atoms with Crippen molar-refractivity contribution in [3.05, 3.63) is 58.3 Å². The molecular formula is C17H16BrN3O2. The number of aromatic nitrogens is 1. The van der Waals surface area contributed by atoms with Crippen LogP contribution in [0.3, 0.4) is 0 Å². The standard InChI is InChI=1S/C17H16BrN3O2/c18-14-4-5-15-13(8-14)3-6-17(23)21(15)11-16(22)20-10-12-2-1-7-19-9-12/h1-2,4-5,7-9H,3,6,10-11H2,(H,20,22). The van der Waals surface area contributed by atoms with Crippen LogP contribution in [0.25, 0.3) is 0 Å². The quantitative estimate of drug-likeness (QED) is 0.894. The largest absolute Gasteiger partial charge is 0.350 e. The van der Waals surface area contributed by atoms with Crippen LogP contribution in [0.5, 0.6) is 0 Å². The van der Waals surface area contributed by atoms with Crippen LogP contribution < -0.4 is 10.2 Å². The summed E-state index contributed by atoms with van der Waals surface area (Å²) in [4.78, 5) is 29.9. The van der Waals surface area contributed by atoms with Crippen molar-refractivity contribution in [3.63, 3.8) is 0 Å². The van der Waals surface area contributed by atoms with Gasteiger partial charge < -0.3 is 10.2 Å². The van der Waals surface area contributed by atoms with Crippen molar-refractivity contribution in [1.29, 1.82) is 0 Å². The lowest BCUT2D eigenvalue weighted by Crippen LogP contribution is -2.42. The number of fused-ring (bicyclic) bond motifs is 1. The second-order valence-electron chi connectivity index (χ2n) is 5.39. The van der Waals surface area contributed by atoms with E-state index in [1.54, 1.807) is 17.3 Å². The second-order valence-corrected chi connectivity index (χ2v) is 6.31. The summed E-state index contributed by atoms with van der Waals surface area (Å²) < 4.78 is 0.978. The minimum absolute atomic E-state index is 0.0173. The van der Waals surface area contributed by atoms with Crippen molar-refractivity contribution in [2.45, 2.75) is 19.4 Å². The lowest BCUT2D eigenvalue weighted by atomic mass is 10.0. The first-order valence-electron chi connectivity index (χ1n) is 7.38. The molecule has 1 aliphatic heterocycles. The highest BCUT2D eigenvalue weighted by Gasteiger charge is 2.25. The van der Waals surface area contributed by atoms with Crippen LogP contribution in [0.2, 0.25) is 0 Å². The van der Waals surface area contributed by atoms with Crippen molar-refractivity contribution >= 4 is 33.4 Å². The average molecular weight is 374 g/mol. The van der Waals surface area contributed by atoms with Crippen LogP contribution in [0.15, 0.2) is 47.2 Å². The lowest BCUT2D eigenvalue weighted by molar-refractivity contribution is -0.124. The Hall–Kier alpha value is -2.21. The summed E-state index contributed by atoms with van der Waals surface area (Å²) >= 11 is 3.44. The van der Waals surface area contributed by atoms with Gasteiger partial charge in [-0.2, -0.15) is 0 Å². The number of rotatable bonds is 4. The van der Waals surface area contributed by atoms with Gasteiger partial charge in [0, 0.05) is 35.5 Å². The minimum Gasteiger partial charge on any atom is -0.350 e. The van der Waals surface area contributed by atoms with Crippen molar-refractivity contribution in [3.8, 4) is 0 Å². The summed E-state index contributed by atoms with van der Waals surface area (Å²) in [7, 11) is 0. The molecule has 1 N–H and O–H groups in total. The van der Waals surface area contributed by atoms with Crippen molar-refractivity contribution in [2.24, 2.45) is 0 Å². The van der Waals surface area contributed by atoms with Gasteiger partial charge in [-0.05, 0) is 41.8 Å². The first-order valence-corrected chi connectivity index (χ1v) is 8.17. The number of carbonyl (C=O) groups excluding carboxylic acids is 2. The average Bonchev–Trinajstić information content (AvgIpc) is 2.56. The van der Waals surface area contributed by atoms with E-state index in [-0.39, 0.29) is 18.4 Å². The third-order valence-corrected chi connectivity index (χ3v) is 4.25. The molecule has 3 rings (SSSR count). The molecule has 118 valence electrons. The second kappa shape index (κ2) is 6.91. The fourth-order valence-electron chi connectivity index (χ4n) is 2.60. The van der Waals surface area contributed by atoms with Crippen LogP contribution in [-0.2, 0) is 22.6 Å². The van der Waals surface area contributed by atoms with Gasteiger partial charge >= 0.3 is 0 Å². The summed E-state index contributed by atoms with van der Waals surface area (Å²) in [6.45, 7) is 0.440. The number of carbonyl (C=O) groups is 2. The van der Waals surface area contributed by atoms with Crippen molar-refractivity contribution in [1.82, 2.24) is 10.3 Å². The maximum atomic E-state index is 12.2. The predicted octanol–water partition coefficient (Wildman–Crippen LogP) is 2.44. The predicted molar refractivity (Wildman–Crippen MR) is 90.9 cm³/mol. The third-order valence-electron chi connectivity index (χ3n) is 3.76. The van der Waals surface area contributed by atoms with Crippen LogP contribution in [0, 0.1) is 0 Å². The number of hydrogen-bond acceptors (Lipinski definition) is 3. The summed E-state index contributed by atoms with van der Waals surface area (Å²) in [5.74, 6) is -0.200. The van der Waals surface area contributed by atoms with Crippen LogP contribution >= 0.6 is 15.9 Å². The number of anilines is 1. The fraction of sp³-hybridized carbons (Fsp3) is 0.235. The lowest BCUT2D eigenvalue weighted by Gasteiger charge is -2.29. The Labute approximate surface area is 142 Å². The highest BCUT2D eigenvalue weighted by atomic mass is 79.9. The molecule has 0 fully saturated rings. The SMILES string of the molecule is O=C(CN1C(=O)CCc2cc(Br)ccc21)NCc1cccnc1. The van der Waals surface area contributed by atoms with E-state index in [2.05, 4.69) is 26.2 Å². The maximum absolute atomic E-state index is 12.2. The highest BCUT2D eigenvalue weighted by Crippen LogP contribution is 2.30. The first kappa shape index (κ1) is 15.7. The number of nitrogens with one attached hydrogen (secondary N) is 1. The number of pyridine rings is 1. The zero-order valence-electron chi connectivity index (χ0n) is 12.5. The number of hydrogen-bond donors (Lipinski definition) is 1. The molecule has 0 unspecified atom stereocenters. The molecule has 0 saturated carbocycles. The van der Waals surface area contributed by atoms with Crippen LogP contribution in [-0.4, -0.2) is 23.3 Å². The van der Waals surface area contributed by atoms with Gasteiger partial charge in [0.15, 0.2) is 0 Å². The van der Waals surface area contributed by atoms with Gasteiger partial charge in [-0.15, -0.1) is 0 Å². The number of nitrogens with zero attached hydrogens (tertiary/aromatic N) is 2. The monoisotopic (exact) mass is 373 g/mol. The van der Waals surface area contributed by atoms with E-state index in [0.29, 0.717) is 19.4 Å². The molecule has 2 aromatic rings. The molecule has 1 aromatic carbocycles. The molecule has 5 nitrogen and oxygen atoms in total. The number of halogens is 1. The molecule has 6 heteroatoms. The van der Waals surface area contributed by atoms with E-state index in [0.717, 1.165) is 21.3 Å². The van der Waals surface area contributed by atoms with Gasteiger partial charge in [0.25, 0.3) is 0 Å². The zero-order valence-corrected chi connectivity index (χ0v) is 14.0. The van der Waals surface area contributed by atoms with E-state index in [1.165, 1.54) is 0 Å². The van der Waals surface area contributed by atoms with Gasteiger partial charge in [-0.3, -0.25) is 14.6 Å². The Morgan fingerprint density at radius 3 is 2.96 bits per heavy atom. The summed E-state index contributed by atoms with van der Waals surface area (Å²) in [5.41, 5.74) is 2.83. The van der Waals surface area contributed by atoms with E-state index in [1.807, 2.05) is 30.3 Å². The molecule has 23 heavy (non-hydrogen) atoms. The highest BCUT2D eigenvalue weighted by molar-refractivity contribution is 9.10. The van der Waals surface area contributed by atoms with Gasteiger partial charge in [-0.1, -0.05) is 22.0 Å². The molecule has 1 aromatic heterocycles. The Kier molecular flexibility index (Phi) is 4.71. The van der Waals surface area contributed by atoms with E-state index >= 15 is 0 Å². The van der Waals surface area contributed by atoms with Gasteiger partial charge in [0.1, 0.15) is 6.54 Å². The molecule has 0 aliphatic carbocycles. The van der Waals surface area contributed by atoms with E-state index in [4.69, 9.17) is 0 Å². The van der Waals surface area contributed by atoms with Crippen LogP contribution in [0.1, 0.15) is 17.5 Å². The molecule has 0 saturated heterocycles. The third kappa shape index (κ3) is 3.76. The van der Waals surface area contributed by atoms with Crippen molar-refractivity contribution in [2.75, 3.05) is 11.4 Å². The molecule has 0 radical (unpaired) electrons. The van der Waals surface area contributed by atoms with Crippen molar-refractivity contribution < 1.29 is 9.59 Å². The Bertz CT molecular complexity index is 734. The molecule has 0 spiro atoms. The maximum Gasteiger partial charge on any atom is 0.240 e. The molecule has 2 amide bonds. The topological polar surface area (TPSA) is 62.3 Å². The first-order chi connectivity index (χ1) is 11.1. The van der Waals surface area contributed by atoms with E-state index < -0.39 is 0 Å². The molecule has 2 heterocycles. The van der Waals surface area contributed by atoms with Gasteiger partial charge in [0.05, 0.1) is 0 Å². The number of benzene rings is 1. The Morgan fingerprint density at radius 1 is 1.30 bits per heavy atom. The van der Waals surface area contributed by atoms with Gasteiger partial charge in [-0.25, -0.2) is 0 Å². The molecule has 0 bridgehead atoms. The number of amides is 2. The summed E-state index contributed by atoms with van der Waals surface area (Å²) in [6.07, 6.45) is 4.53. The van der Waals surface area contributed by atoms with Crippen LogP contribution in [0.4, 0.5) is 5.69 Å². The molecular weight excluding hydrogens is 358 g/mol. The van der Waals surface area contributed by atoms with Gasteiger partial charge in [0.2, 0.25) is 11.8 Å². The normalized spacial score (nSPS) is 13.6. The Morgan fingerprint density at radius 2 is 2.17 bits per heavy atom. The molecule has 0 atom stereocenters. The zero-order chi connectivity index (χ0) is 16.2.